The number of carbonyl (C=O) groups is 2. The Balaban J connectivity index is 1.76. The molecule has 1 saturated carbocycles. The van der Waals surface area contributed by atoms with Gasteiger partial charge >= 0.3 is 5.97 Å². The molecule has 0 radical (unpaired) electrons. The molecule has 1 fully saturated rings. The molecule has 0 saturated heterocycles. The summed E-state index contributed by atoms with van der Waals surface area (Å²) in [6.07, 6.45) is 3.70. The summed E-state index contributed by atoms with van der Waals surface area (Å²) in [4.78, 5) is 23.2. The molecule has 0 aromatic carbocycles. The van der Waals surface area contributed by atoms with Gasteiger partial charge in [0.2, 0.25) is 5.95 Å². The molecule has 0 atom stereocenters. The van der Waals surface area contributed by atoms with Gasteiger partial charge in [-0.1, -0.05) is 0 Å². The Labute approximate surface area is 111 Å². The highest BCUT2D eigenvalue weighted by Gasteiger charge is 2.27. The van der Waals surface area contributed by atoms with Crippen LogP contribution in [-0.4, -0.2) is 31.7 Å². The van der Waals surface area contributed by atoms with Crippen LogP contribution in [0.5, 0.6) is 0 Å². The minimum Gasteiger partial charge on any atom is -0.477 e. The van der Waals surface area contributed by atoms with Crippen molar-refractivity contribution in [1.82, 2.24) is 14.8 Å². The second-order valence-electron chi connectivity index (χ2n) is 4.22. The normalized spacial score (nSPS) is 14.3. The number of aromatic carboxylic acids is 1. The second-order valence-corrected chi connectivity index (χ2v) is 5.30. The number of thiophene rings is 1. The van der Waals surface area contributed by atoms with E-state index in [1.807, 2.05) is 4.57 Å². The number of nitrogens with one attached hydrogen (secondary N) is 1. The SMILES string of the molecule is O=C(O)c1ccc(C(=O)Nc2nncn2C2CC2)s1. The van der Waals surface area contributed by atoms with Gasteiger partial charge in [0.1, 0.15) is 11.2 Å². The lowest BCUT2D eigenvalue weighted by Crippen LogP contribution is -2.14. The minimum atomic E-state index is -1.04. The molecule has 0 bridgehead atoms. The van der Waals surface area contributed by atoms with Crippen molar-refractivity contribution in [2.75, 3.05) is 5.32 Å². The zero-order chi connectivity index (χ0) is 13.4. The van der Waals surface area contributed by atoms with Crippen LogP contribution >= 0.6 is 11.3 Å². The first-order valence-corrected chi connectivity index (χ1v) is 6.51. The Kier molecular flexibility index (Phi) is 2.79. The van der Waals surface area contributed by atoms with Gasteiger partial charge in [-0.25, -0.2) is 4.79 Å². The van der Waals surface area contributed by atoms with E-state index in [2.05, 4.69) is 15.5 Å². The number of anilines is 1. The lowest BCUT2D eigenvalue weighted by atomic mass is 10.4. The van der Waals surface area contributed by atoms with E-state index < -0.39 is 5.97 Å². The number of carboxylic acids is 1. The molecular weight excluding hydrogens is 268 g/mol. The molecule has 19 heavy (non-hydrogen) atoms. The van der Waals surface area contributed by atoms with Gasteiger partial charge in [0.05, 0.1) is 4.88 Å². The molecule has 0 unspecified atom stereocenters. The number of aromatic nitrogens is 3. The van der Waals surface area contributed by atoms with Gasteiger partial charge in [0.15, 0.2) is 0 Å². The molecule has 8 heteroatoms. The fourth-order valence-electron chi connectivity index (χ4n) is 1.69. The Morgan fingerprint density at radius 3 is 2.74 bits per heavy atom. The van der Waals surface area contributed by atoms with E-state index in [1.54, 1.807) is 6.33 Å². The molecule has 1 aliphatic rings. The van der Waals surface area contributed by atoms with Crippen molar-refractivity contribution in [3.63, 3.8) is 0 Å². The second kappa shape index (κ2) is 4.47. The van der Waals surface area contributed by atoms with Crippen LogP contribution in [0.25, 0.3) is 0 Å². The maximum Gasteiger partial charge on any atom is 0.345 e. The Bertz CT molecular complexity index is 644. The molecular formula is C11H10N4O3S. The Morgan fingerprint density at radius 1 is 1.37 bits per heavy atom. The molecule has 3 rings (SSSR count). The van der Waals surface area contributed by atoms with E-state index in [9.17, 15) is 9.59 Å². The number of hydrogen-bond donors (Lipinski definition) is 2. The summed E-state index contributed by atoms with van der Waals surface area (Å²) in [6.45, 7) is 0. The predicted molar refractivity (Wildman–Crippen MR) is 67.5 cm³/mol. The number of nitrogens with zero attached hydrogens (tertiary/aromatic N) is 3. The molecule has 2 aromatic rings. The van der Waals surface area contributed by atoms with Gasteiger partial charge in [-0.3, -0.25) is 14.7 Å². The summed E-state index contributed by atoms with van der Waals surface area (Å²) in [5, 5.41) is 19.1. The van der Waals surface area contributed by atoms with Crippen molar-refractivity contribution in [3.8, 4) is 0 Å². The summed E-state index contributed by atoms with van der Waals surface area (Å²) in [5.74, 6) is -1.00. The smallest absolute Gasteiger partial charge is 0.345 e. The highest BCUT2D eigenvalue weighted by atomic mass is 32.1. The largest absolute Gasteiger partial charge is 0.477 e. The highest BCUT2D eigenvalue weighted by Crippen LogP contribution is 2.36. The molecule has 2 N–H and O–H groups in total. The van der Waals surface area contributed by atoms with E-state index in [-0.39, 0.29) is 10.8 Å². The fourth-order valence-corrected chi connectivity index (χ4v) is 2.43. The number of amides is 1. The van der Waals surface area contributed by atoms with E-state index >= 15 is 0 Å². The van der Waals surface area contributed by atoms with Crippen LogP contribution in [0.2, 0.25) is 0 Å². The van der Waals surface area contributed by atoms with E-state index in [1.165, 1.54) is 12.1 Å². The van der Waals surface area contributed by atoms with Gasteiger partial charge in [-0.15, -0.1) is 21.5 Å². The quantitative estimate of drug-likeness (QED) is 0.885. The molecule has 1 aliphatic carbocycles. The van der Waals surface area contributed by atoms with Crippen LogP contribution in [0.4, 0.5) is 5.95 Å². The molecule has 98 valence electrons. The number of carboxylic acid groups (broad SMARTS) is 1. The monoisotopic (exact) mass is 278 g/mol. The van der Waals surface area contributed by atoms with E-state index in [4.69, 9.17) is 5.11 Å². The summed E-state index contributed by atoms with van der Waals surface area (Å²) < 4.78 is 1.82. The topological polar surface area (TPSA) is 97.1 Å². The fraction of sp³-hybridized carbons (Fsp3) is 0.273. The van der Waals surface area contributed by atoms with Crippen LogP contribution in [0, 0.1) is 0 Å². The first-order chi connectivity index (χ1) is 9.15. The van der Waals surface area contributed by atoms with Gasteiger partial charge in [0.25, 0.3) is 5.91 Å². The summed E-state index contributed by atoms with van der Waals surface area (Å²) in [6, 6.07) is 3.26. The van der Waals surface area contributed by atoms with Crippen molar-refractivity contribution >= 4 is 29.2 Å². The standard InChI is InChI=1S/C11H10N4O3S/c16-9(7-3-4-8(19-7)10(17)18)13-11-14-12-5-15(11)6-1-2-6/h3-6H,1-2H2,(H,17,18)(H,13,14,16). The summed E-state index contributed by atoms with van der Waals surface area (Å²) in [5.41, 5.74) is 0. The van der Waals surface area contributed by atoms with E-state index in [0.717, 1.165) is 24.2 Å². The van der Waals surface area contributed by atoms with Crippen LogP contribution < -0.4 is 5.32 Å². The third-order valence-electron chi connectivity index (χ3n) is 2.78. The number of carbonyl (C=O) groups excluding carboxylic acids is 1. The van der Waals surface area contributed by atoms with Crippen LogP contribution in [0.15, 0.2) is 18.5 Å². The van der Waals surface area contributed by atoms with Crippen molar-refractivity contribution in [2.45, 2.75) is 18.9 Å². The number of rotatable bonds is 4. The third-order valence-corrected chi connectivity index (χ3v) is 3.85. The van der Waals surface area contributed by atoms with Gasteiger partial charge in [0, 0.05) is 6.04 Å². The third kappa shape index (κ3) is 2.34. The maximum atomic E-state index is 12.0. The van der Waals surface area contributed by atoms with Crippen molar-refractivity contribution in [2.24, 2.45) is 0 Å². The predicted octanol–water partition coefficient (Wildman–Crippen LogP) is 1.62. The van der Waals surface area contributed by atoms with Gasteiger partial charge in [-0.2, -0.15) is 0 Å². The van der Waals surface area contributed by atoms with Crippen LogP contribution in [0.3, 0.4) is 0 Å². The maximum absolute atomic E-state index is 12.0. The summed E-state index contributed by atoms with van der Waals surface area (Å²) >= 11 is 0.932. The van der Waals surface area contributed by atoms with Crippen LogP contribution in [0.1, 0.15) is 38.2 Å². The van der Waals surface area contributed by atoms with Crippen molar-refractivity contribution in [3.05, 3.63) is 28.2 Å². The zero-order valence-corrected chi connectivity index (χ0v) is 10.6. The molecule has 0 aliphatic heterocycles. The molecule has 2 heterocycles. The first kappa shape index (κ1) is 11.8. The lowest BCUT2D eigenvalue weighted by Gasteiger charge is -2.04. The highest BCUT2D eigenvalue weighted by molar-refractivity contribution is 7.15. The first-order valence-electron chi connectivity index (χ1n) is 5.69. The summed E-state index contributed by atoms with van der Waals surface area (Å²) in [7, 11) is 0. The van der Waals surface area contributed by atoms with E-state index in [0.29, 0.717) is 16.9 Å². The number of hydrogen-bond acceptors (Lipinski definition) is 5. The van der Waals surface area contributed by atoms with Crippen molar-refractivity contribution < 1.29 is 14.7 Å². The average Bonchev–Trinajstić information content (AvgIpc) is 2.93. The van der Waals surface area contributed by atoms with Crippen molar-refractivity contribution in [1.29, 1.82) is 0 Å². The molecule has 1 amide bonds. The Hall–Kier alpha value is -2.22. The molecule has 0 spiro atoms. The zero-order valence-electron chi connectivity index (χ0n) is 9.74. The van der Waals surface area contributed by atoms with Crippen LogP contribution in [-0.2, 0) is 0 Å². The average molecular weight is 278 g/mol. The minimum absolute atomic E-state index is 0.133. The Morgan fingerprint density at radius 2 is 2.11 bits per heavy atom. The van der Waals surface area contributed by atoms with Gasteiger partial charge < -0.3 is 5.11 Å². The van der Waals surface area contributed by atoms with Gasteiger partial charge in [-0.05, 0) is 25.0 Å². The lowest BCUT2D eigenvalue weighted by molar-refractivity contribution is 0.0702. The molecule has 7 nitrogen and oxygen atoms in total. The molecule has 2 aromatic heterocycles.